The summed E-state index contributed by atoms with van der Waals surface area (Å²) in [6, 6.07) is 12.6. The van der Waals surface area contributed by atoms with Gasteiger partial charge in [-0.3, -0.25) is 10.3 Å². The third-order valence-corrected chi connectivity index (χ3v) is 5.57. The minimum atomic E-state index is 0.200. The standard InChI is InChI=1S/C22H32N4O3/c1-17-5-6-21(29-17)22-19(16-24-25-22)15-23-14-18-3-2-4-20(13-18)28-12-9-26-7-10-27-11-8-26/h2-6,13,19,22-25H,7-12,14-16H2,1H3. The molecule has 7 nitrogen and oxygen atoms in total. The van der Waals surface area contributed by atoms with Crippen molar-refractivity contribution in [2.75, 3.05) is 52.5 Å². The maximum atomic E-state index is 5.96. The highest BCUT2D eigenvalue weighted by molar-refractivity contribution is 5.28. The molecule has 158 valence electrons. The molecule has 2 saturated heterocycles. The van der Waals surface area contributed by atoms with Crippen LogP contribution in [0.25, 0.3) is 0 Å². The third-order valence-electron chi connectivity index (χ3n) is 5.57. The summed E-state index contributed by atoms with van der Waals surface area (Å²) in [5, 5.41) is 3.59. The maximum Gasteiger partial charge on any atom is 0.122 e. The summed E-state index contributed by atoms with van der Waals surface area (Å²) in [4.78, 5) is 2.38. The topological polar surface area (TPSA) is 70.9 Å². The molecule has 3 heterocycles. The first-order valence-corrected chi connectivity index (χ1v) is 10.6. The molecule has 0 aliphatic carbocycles. The Balaban J connectivity index is 1.21. The van der Waals surface area contributed by atoms with Crippen molar-refractivity contribution in [1.82, 2.24) is 21.1 Å². The molecule has 3 N–H and O–H groups in total. The molecule has 4 rings (SSSR count). The van der Waals surface area contributed by atoms with E-state index in [9.17, 15) is 0 Å². The lowest BCUT2D eigenvalue weighted by molar-refractivity contribution is 0.0322. The van der Waals surface area contributed by atoms with Gasteiger partial charge in [-0.2, -0.15) is 0 Å². The number of aryl methyl sites for hydroxylation is 1. The first-order valence-electron chi connectivity index (χ1n) is 10.6. The maximum absolute atomic E-state index is 5.96. The second-order valence-electron chi connectivity index (χ2n) is 7.79. The van der Waals surface area contributed by atoms with E-state index in [0.29, 0.717) is 12.5 Å². The molecule has 29 heavy (non-hydrogen) atoms. The first kappa shape index (κ1) is 20.4. The van der Waals surface area contributed by atoms with Crippen molar-refractivity contribution in [1.29, 1.82) is 0 Å². The molecular weight excluding hydrogens is 368 g/mol. The van der Waals surface area contributed by atoms with Crippen molar-refractivity contribution in [3.05, 3.63) is 53.5 Å². The number of morpholine rings is 1. The summed E-state index contributed by atoms with van der Waals surface area (Å²) in [5.41, 5.74) is 7.82. The summed E-state index contributed by atoms with van der Waals surface area (Å²) in [6.07, 6.45) is 0. The van der Waals surface area contributed by atoms with Crippen molar-refractivity contribution in [2.45, 2.75) is 19.5 Å². The van der Waals surface area contributed by atoms with Gasteiger partial charge in [0.05, 0.1) is 19.3 Å². The van der Waals surface area contributed by atoms with Crippen LogP contribution in [0.15, 0.2) is 40.8 Å². The highest BCUT2D eigenvalue weighted by Gasteiger charge is 2.30. The second kappa shape index (κ2) is 10.2. The van der Waals surface area contributed by atoms with E-state index in [1.54, 1.807) is 0 Å². The fourth-order valence-corrected chi connectivity index (χ4v) is 3.91. The van der Waals surface area contributed by atoms with E-state index in [-0.39, 0.29) is 6.04 Å². The van der Waals surface area contributed by atoms with Gasteiger partial charge < -0.3 is 19.2 Å². The lowest BCUT2D eigenvalue weighted by Crippen LogP contribution is -2.38. The highest BCUT2D eigenvalue weighted by Crippen LogP contribution is 2.26. The fourth-order valence-electron chi connectivity index (χ4n) is 3.91. The average molecular weight is 401 g/mol. The number of nitrogens with one attached hydrogen (secondary N) is 3. The monoisotopic (exact) mass is 400 g/mol. The largest absolute Gasteiger partial charge is 0.492 e. The zero-order valence-corrected chi connectivity index (χ0v) is 17.2. The second-order valence-corrected chi connectivity index (χ2v) is 7.79. The normalized spacial score (nSPS) is 22.8. The molecule has 2 unspecified atom stereocenters. The van der Waals surface area contributed by atoms with E-state index in [2.05, 4.69) is 45.3 Å². The lowest BCUT2D eigenvalue weighted by atomic mass is 10.00. The number of furan rings is 1. The van der Waals surface area contributed by atoms with Crippen LogP contribution in [0.4, 0.5) is 0 Å². The number of ether oxygens (including phenoxy) is 2. The number of hydrogen-bond acceptors (Lipinski definition) is 7. The predicted molar refractivity (Wildman–Crippen MR) is 112 cm³/mol. The molecule has 0 bridgehead atoms. The molecule has 1 aromatic heterocycles. The zero-order chi connectivity index (χ0) is 19.9. The van der Waals surface area contributed by atoms with Crippen LogP contribution in [-0.4, -0.2) is 57.4 Å². The Labute approximate surface area is 172 Å². The summed E-state index contributed by atoms with van der Waals surface area (Å²) < 4.78 is 17.2. The molecule has 1 aromatic carbocycles. The van der Waals surface area contributed by atoms with Gasteiger partial charge in [0.25, 0.3) is 0 Å². The quantitative estimate of drug-likeness (QED) is 0.593. The number of hydrogen-bond donors (Lipinski definition) is 3. The van der Waals surface area contributed by atoms with Crippen molar-refractivity contribution >= 4 is 0 Å². The number of nitrogens with zero attached hydrogens (tertiary/aromatic N) is 1. The van der Waals surface area contributed by atoms with Crippen LogP contribution in [-0.2, 0) is 11.3 Å². The summed E-state index contributed by atoms with van der Waals surface area (Å²) in [6.45, 7) is 9.93. The molecule has 0 saturated carbocycles. The molecule has 2 fully saturated rings. The van der Waals surface area contributed by atoms with E-state index in [1.165, 1.54) is 5.56 Å². The van der Waals surface area contributed by atoms with Crippen LogP contribution in [0.1, 0.15) is 23.1 Å². The van der Waals surface area contributed by atoms with Gasteiger partial charge in [-0.1, -0.05) is 12.1 Å². The Bertz CT molecular complexity index is 760. The van der Waals surface area contributed by atoms with E-state index >= 15 is 0 Å². The van der Waals surface area contributed by atoms with Crippen molar-refractivity contribution in [3.63, 3.8) is 0 Å². The Morgan fingerprint density at radius 1 is 1.21 bits per heavy atom. The van der Waals surface area contributed by atoms with Gasteiger partial charge >= 0.3 is 0 Å². The van der Waals surface area contributed by atoms with Crippen molar-refractivity contribution in [3.8, 4) is 5.75 Å². The van der Waals surface area contributed by atoms with Gasteiger partial charge in [-0.25, -0.2) is 5.43 Å². The molecule has 7 heteroatoms. The van der Waals surface area contributed by atoms with Crippen molar-refractivity contribution in [2.24, 2.45) is 5.92 Å². The number of rotatable bonds is 9. The first-order chi connectivity index (χ1) is 14.3. The molecule has 2 aliphatic heterocycles. The van der Waals surface area contributed by atoms with Crippen molar-refractivity contribution < 1.29 is 13.9 Å². The van der Waals surface area contributed by atoms with Crippen LogP contribution >= 0.6 is 0 Å². The Morgan fingerprint density at radius 2 is 2.10 bits per heavy atom. The van der Waals surface area contributed by atoms with E-state index in [1.807, 2.05) is 19.1 Å². The average Bonchev–Trinajstić information content (AvgIpc) is 3.38. The number of hydrazine groups is 1. The minimum Gasteiger partial charge on any atom is -0.492 e. The molecular formula is C22H32N4O3. The molecule has 2 aliphatic rings. The van der Waals surface area contributed by atoms with E-state index in [0.717, 1.165) is 69.8 Å². The summed E-state index contributed by atoms with van der Waals surface area (Å²) in [5.74, 6) is 3.32. The van der Waals surface area contributed by atoms with Gasteiger partial charge in [0, 0.05) is 45.2 Å². The Hall–Kier alpha value is -1.90. The van der Waals surface area contributed by atoms with Crippen LogP contribution < -0.4 is 20.9 Å². The van der Waals surface area contributed by atoms with Crippen LogP contribution in [0.5, 0.6) is 5.75 Å². The molecule has 2 aromatic rings. The van der Waals surface area contributed by atoms with E-state index < -0.39 is 0 Å². The van der Waals surface area contributed by atoms with Crippen LogP contribution in [0.3, 0.4) is 0 Å². The molecule has 0 radical (unpaired) electrons. The van der Waals surface area contributed by atoms with Gasteiger partial charge in [-0.15, -0.1) is 0 Å². The number of benzene rings is 1. The predicted octanol–water partition coefficient (Wildman–Crippen LogP) is 1.85. The third kappa shape index (κ3) is 5.81. The van der Waals surface area contributed by atoms with Gasteiger partial charge in [0.2, 0.25) is 0 Å². The van der Waals surface area contributed by atoms with Gasteiger partial charge in [0.15, 0.2) is 0 Å². The van der Waals surface area contributed by atoms with E-state index in [4.69, 9.17) is 13.9 Å². The smallest absolute Gasteiger partial charge is 0.122 e. The molecule has 2 atom stereocenters. The zero-order valence-electron chi connectivity index (χ0n) is 17.2. The van der Waals surface area contributed by atoms with Gasteiger partial charge in [-0.05, 0) is 36.8 Å². The Kier molecular flexibility index (Phi) is 7.18. The van der Waals surface area contributed by atoms with Gasteiger partial charge in [0.1, 0.15) is 23.9 Å². The van der Waals surface area contributed by atoms with Crippen LogP contribution in [0, 0.1) is 12.8 Å². The summed E-state index contributed by atoms with van der Waals surface area (Å²) in [7, 11) is 0. The molecule has 0 spiro atoms. The highest BCUT2D eigenvalue weighted by atomic mass is 16.5. The summed E-state index contributed by atoms with van der Waals surface area (Å²) >= 11 is 0. The van der Waals surface area contributed by atoms with Crippen LogP contribution in [0.2, 0.25) is 0 Å². The molecule has 0 amide bonds. The fraction of sp³-hybridized carbons (Fsp3) is 0.545. The SMILES string of the molecule is Cc1ccc(C2NNCC2CNCc2cccc(OCCN3CCOCC3)c2)o1. The lowest BCUT2D eigenvalue weighted by Gasteiger charge is -2.26. The Morgan fingerprint density at radius 3 is 2.93 bits per heavy atom. The minimum absolute atomic E-state index is 0.200.